The molecule has 2 aromatic carbocycles. The summed E-state index contributed by atoms with van der Waals surface area (Å²) in [7, 11) is 0. The number of amides is 2. The van der Waals surface area contributed by atoms with Gasteiger partial charge in [-0.25, -0.2) is 4.79 Å². The van der Waals surface area contributed by atoms with Gasteiger partial charge in [-0.2, -0.15) is 0 Å². The van der Waals surface area contributed by atoms with E-state index < -0.39 is 0 Å². The van der Waals surface area contributed by atoms with Crippen LogP contribution in [0.4, 0.5) is 16.2 Å². The number of aryl methyl sites for hydroxylation is 1. The van der Waals surface area contributed by atoms with Crippen LogP contribution in [0.5, 0.6) is 5.75 Å². The number of aromatic hydroxyl groups is 1. The predicted octanol–water partition coefficient (Wildman–Crippen LogP) is 3.76. The van der Waals surface area contributed by atoms with Crippen molar-refractivity contribution < 1.29 is 9.90 Å². The Kier molecular flexibility index (Phi) is 4.25. The molecule has 4 nitrogen and oxygen atoms in total. The number of hydrogen-bond donors (Lipinski definition) is 2. The van der Waals surface area contributed by atoms with Crippen LogP contribution in [-0.2, 0) is 0 Å². The largest absolute Gasteiger partial charge is 0.506 e. The van der Waals surface area contributed by atoms with Crippen LogP contribution in [0, 0.1) is 6.92 Å². The van der Waals surface area contributed by atoms with E-state index in [0.717, 1.165) is 11.3 Å². The number of carbonyl (C=O) groups is 1. The van der Waals surface area contributed by atoms with Crippen LogP contribution in [-0.4, -0.2) is 17.7 Å². The summed E-state index contributed by atoms with van der Waals surface area (Å²) in [4.78, 5) is 13.9. The standard InChI is InChI=1S/C16H18N2O2/c1-3-18(13-8-6-7-12(2)11-13)16(20)17-14-9-4-5-10-15(14)19/h4-11,19H,3H2,1-2H3,(H,17,20). The molecule has 0 aliphatic rings. The molecule has 2 aromatic rings. The molecular weight excluding hydrogens is 252 g/mol. The third-order valence-electron chi connectivity index (χ3n) is 3.02. The highest BCUT2D eigenvalue weighted by Crippen LogP contribution is 2.23. The molecule has 0 aliphatic carbocycles. The summed E-state index contributed by atoms with van der Waals surface area (Å²) in [6.07, 6.45) is 0. The summed E-state index contributed by atoms with van der Waals surface area (Å²) < 4.78 is 0. The molecule has 0 saturated carbocycles. The molecular formula is C16H18N2O2. The Hall–Kier alpha value is -2.49. The van der Waals surface area contributed by atoms with E-state index in [0.29, 0.717) is 12.2 Å². The van der Waals surface area contributed by atoms with Crippen molar-refractivity contribution in [3.05, 3.63) is 54.1 Å². The Bertz CT molecular complexity index is 611. The average Bonchev–Trinajstić information content (AvgIpc) is 2.42. The maximum atomic E-state index is 12.3. The fourth-order valence-electron chi connectivity index (χ4n) is 2.00. The van der Waals surface area contributed by atoms with Crippen LogP contribution in [0.25, 0.3) is 0 Å². The minimum Gasteiger partial charge on any atom is -0.506 e. The zero-order chi connectivity index (χ0) is 14.5. The molecule has 0 aliphatic heterocycles. The maximum absolute atomic E-state index is 12.3. The maximum Gasteiger partial charge on any atom is 0.326 e. The third kappa shape index (κ3) is 3.09. The van der Waals surface area contributed by atoms with Gasteiger partial charge in [-0.3, -0.25) is 4.90 Å². The molecule has 2 amide bonds. The van der Waals surface area contributed by atoms with E-state index in [2.05, 4.69) is 5.32 Å². The van der Waals surface area contributed by atoms with E-state index in [1.165, 1.54) is 0 Å². The highest BCUT2D eigenvalue weighted by atomic mass is 16.3. The Balaban J connectivity index is 2.20. The number of nitrogens with one attached hydrogen (secondary N) is 1. The van der Waals surface area contributed by atoms with Crippen molar-refractivity contribution in [1.29, 1.82) is 0 Å². The van der Waals surface area contributed by atoms with E-state index in [1.54, 1.807) is 29.2 Å². The van der Waals surface area contributed by atoms with Crippen LogP contribution < -0.4 is 10.2 Å². The number of anilines is 2. The molecule has 4 heteroatoms. The predicted molar refractivity (Wildman–Crippen MR) is 81.3 cm³/mol. The van der Waals surface area contributed by atoms with Crippen LogP contribution in [0.2, 0.25) is 0 Å². The number of nitrogens with zero attached hydrogens (tertiary/aromatic N) is 1. The lowest BCUT2D eigenvalue weighted by atomic mass is 10.2. The Morgan fingerprint density at radius 3 is 2.60 bits per heavy atom. The number of phenols is 1. The van der Waals surface area contributed by atoms with E-state index >= 15 is 0 Å². The molecule has 0 radical (unpaired) electrons. The molecule has 0 atom stereocenters. The molecule has 0 saturated heterocycles. The van der Waals surface area contributed by atoms with Gasteiger partial charge in [-0.1, -0.05) is 24.3 Å². The number of urea groups is 1. The summed E-state index contributed by atoms with van der Waals surface area (Å²) in [5, 5.41) is 12.4. The molecule has 0 fully saturated rings. The normalized spacial score (nSPS) is 10.1. The van der Waals surface area contributed by atoms with E-state index in [-0.39, 0.29) is 11.8 Å². The highest BCUT2D eigenvalue weighted by molar-refractivity contribution is 6.02. The van der Waals surface area contributed by atoms with Crippen molar-refractivity contribution in [3.8, 4) is 5.75 Å². The molecule has 104 valence electrons. The van der Waals surface area contributed by atoms with Crippen LogP contribution in [0.15, 0.2) is 48.5 Å². The summed E-state index contributed by atoms with van der Waals surface area (Å²) in [5.74, 6) is 0.0566. The monoisotopic (exact) mass is 270 g/mol. The van der Waals surface area contributed by atoms with Gasteiger partial charge in [-0.15, -0.1) is 0 Å². The summed E-state index contributed by atoms with van der Waals surface area (Å²) >= 11 is 0. The number of carbonyl (C=O) groups excluding carboxylic acids is 1. The summed E-state index contributed by atoms with van der Waals surface area (Å²) in [6, 6.07) is 14.2. The molecule has 2 N–H and O–H groups in total. The van der Waals surface area contributed by atoms with Gasteiger partial charge in [0.25, 0.3) is 0 Å². The lowest BCUT2D eigenvalue weighted by molar-refractivity contribution is 0.257. The summed E-state index contributed by atoms with van der Waals surface area (Å²) in [6.45, 7) is 4.44. The molecule has 20 heavy (non-hydrogen) atoms. The van der Waals surface area contributed by atoms with Crippen molar-refractivity contribution in [2.24, 2.45) is 0 Å². The zero-order valence-corrected chi connectivity index (χ0v) is 11.6. The second kappa shape index (κ2) is 6.10. The van der Waals surface area contributed by atoms with Crippen molar-refractivity contribution in [2.75, 3.05) is 16.8 Å². The lowest BCUT2D eigenvalue weighted by Gasteiger charge is -2.22. The van der Waals surface area contributed by atoms with Crippen LogP contribution >= 0.6 is 0 Å². The van der Waals surface area contributed by atoms with Gasteiger partial charge in [0.2, 0.25) is 0 Å². The van der Waals surface area contributed by atoms with Crippen LogP contribution in [0.3, 0.4) is 0 Å². The van der Waals surface area contributed by atoms with Gasteiger partial charge in [0.1, 0.15) is 5.75 Å². The smallest absolute Gasteiger partial charge is 0.326 e. The van der Waals surface area contributed by atoms with E-state index in [9.17, 15) is 9.90 Å². The van der Waals surface area contributed by atoms with Gasteiger partial charge >= 0.3 is 6.03 Å². The number of hydrogen-bond acceptors (Lipinski definition) is 2. The van der Waals surface area contributed by atoms with Crippen molar-refractivity contribution in [1.82, 2.24) is 0 Å². The van der Waals surface area contributed by atoms with Gasteiger partial charge in [0, 0.05) is 12.2 Å². The lowest BCUT2D eigenvalue weighted by Crippen LogP contribution is -2.34. The summed E-state index contributed by atoms with van der Waals surface area (Å²) in [5.41, 5.74) is 2.33. The fraction of sp³-hybridized carbons (Fsp3) is 0.188. The molecule has 2 rings (SSSR count). The van der Waals surface area contributed by atoms with Crippen molar-refractivity contribution >= 4 is 17.4 Å². The molecule has 0 bridgehead atoms. The first-order chi connectivity index (χ1) is 9.61. The first-order valence-corrected chi connectivity index (χ1v) is 6.55. The van der Waals surface area contributed by atoms with Crippen molar-refractivity contribution in [2.45, 2.75) is 13.8 Å². The van der Waals surface area contributed by atoms with Gasteiger partial charge < -0.3 is 10.4 Å². The molecule has 0 spiro atoms. The van der Waals surface area contributed by atoms with Gasteiger partial charge in [0.05, 0.1) is 5.69 Å². The molecule has 0 unspecified atom stereocenters. The number of rotatable bonds is 3. The quantitative estimate of drug-likeness (QED) is 0.834. The molecule has 0 aromatic heterocycles. The Morgan fingerprint density at radius 2 is 1.95 bits per heavy atom. The Morgan fingerprint density at radius 1 is 1.20 bits per heavy atom. The third-order valence-corrected chi connectivity index (χ3v) is 3.02. The van der Waals surface area contributed by atoms with Crippen LogP contribution in [0.1, 0.15) is 12.5 Å². The first-order valence-electron chi connectivity index (χ1n) is 6.55. The number of benzene rings is 2. The minimum atomic E-state index is -0.264. The fourth-order valence-corrected chi connectivity index (χ4v) is 2.00. The van der Waals surface area contributed by atoms with Gasteiger partial charge in [-0.05, 0) is 43.7 Å². The SMILES string of the molecule is CCN(C(=O)Nc1ccccc1O)c1cccc(C)c1. The topological polar surface area (TPSA) is 52.6 Å². The minimum absolute atomic E-state index is 0.0566. The number of para-hydroxylation sites is 2. The molecule has 0 heterocycles. The van der Waals surface area contributed by atoms with E-state index in [4.69, 9.17) is 0 Å². The van der Waals surface area contributed by atoms with Gasteiger partial charge in [0.15, 0.2) is 0 Å². The van der Waals surface area contributed by atoms with Crippen molar-refractivity contribution in [3.63, 3.8) is 0 Å². The first kappa shape index (κ1) is 13.9. The average molecular weight is 270 g/mol. The second-order valence-corrected chi connectivity index (χ2v) is 4.53. The van der Waals surface area contributed by atoms with E-state index in [1.807, 2.05) is 38.1 Å². The zero-order valence-electron chi connectivity index (χ0n) is 11.6. The Labute approximate surface area is 118 Å². The second-order valence-electron chi connectivity index (χ2n) is 4.53. The number of phenolic OH excluding ortho intramolecular Hbond substituents is 1. The highest BCUT2D eigenvalue weighted by Gasteiger charge is 2.15.